The van der Waals surface area contributed by atoms with Gasteiger partial charge < -0.3 is 0 Å². The Morgan fingerprint density at radius 3 is 2.33 bits per heavy atom. The number of halogens is 4. The van der Waals surface area contributed by atoms with Crippen molar-refractivity contribution in [3.8, 4) is 0 Å². The SMILES string of the molecule is CN(SN1CCSCC1)[C@H](c1ccc(Cl)cc1)C(F)(F)F. The fraction of sp³-hybridized carbons (Fsp3) is 0.538. The van der Waals surface area contributed by atoms with Gasteiger partial charge in [-0.15, -0.1) is 0 Å². The van der Waals surface area contributed by atoms with Gasteiger partial charge >= 0.3 is 6.18 Å². The molecule has 21 heavy (non-hydrogen) atoms. The predicted molar refractivity (Wildman–Crippen MR) is 84.5 cm³/mol. The van der Waals surface area contributed by atoms with Gasteiger partial charge in [-0.05, 0) is 24.7 Å². The Balaban J connectivity index is 2.13. The third-order valence-corrected chi connectivity index (χ3v) is 5.33. The molecular weight excluding hydrogens is 341 g/mol. The van der Waals surface area contributed by atoms with E-state index in [1.807, 2.05) is 16.1 Å². The molecule has 2 rings (SSSR count). The molecule has 1 fully saturated rings. The minimum atomic E-state index is -4.33. The second-order valence-corrected chi connectivity index (χ2v) is 7.58. The number of nitrogens with zero attached hydrogens (tertiary/aromatic N) is 2. The molecule has 8 heteroatoms. The van der Waals surface area contributed by atoms with Crippen molar-refractivity contribution in [3.05, 3.63) is 34.9 Å². The van der Waals surface area contributed by atoms with E-state index in [1.165, 1.54) is 35.6 Å². The predicted octanol–water partition coefficient (Wildman–Crippen LogP) is 4.49. The minimum Gasteiger partial charge on any atom is -0.235 e. The van der Waals surface area contributed by atoms with E-state index in [0.29, 0.717) is 5.02 Å². The number of rotatable bonds is 4. The zero-order valence-electron chi connectivity index (χ0n) is 11.4. The summed E-state index contributed by atoms with van der Waals surface area (Å²) in [6.45, 7) is 1.59. The van der Waals surface area contributed by atoms with Crippen molar-refractivity contribution in [3.63, 3.8) is 0 Å². The van der Waals surface area contributed by atoms with Crippen LogP contribution in [0.2, 0.25) is 5.02 Å². The normalized spacial score (nSPS) is 19.0. The third-order valence-electron chi connectivity index (χ3n) is 3.07. The van der Waals surface area contributed by atoms with Crippen LogP contribution in [-0.4, -0.2) is 46.4 Å². The van der Waals surface area contributed by atoms with E-state index in [1.54, 1.807) is 0 Å². The van der Waals surface area contributed by atoms with Crippen molar-refractivity contribution >= 4 is 35.5 Å². The molecule has 1 heterocycles. The number of hydrogen-bond donors (Lipinski definition) is 0. The van der Waals surface area contributed by atoms with Crippen LogP contribution >= 0.6 is 35.5 Å². The Hall–Kier alpha value is -0.0800. The van der Waals surface area contributed by atoms with E-state index in [2.05, 4.69) is 0 Å². The van der Waals surface area contributed by atoms with Crippen LogP contribution in [0.5, 0.6) is 0 Å². The van der Waals surface area contributed by atoms with Gasteiger partial charge in [-0.25, -0.2) is 8.61 Å². The lowest BCUT2D eigenvalue weighted by atomic mass is 10.1. The highest BCUT2D eigenvalue weighted by molar-refractivity contribution is 7.99. The second kappa shape index (κ2) is 7.46. The lowest BCUT2D eigenvalue weighted by Crippen LogP contribution is -2.37. The van der Waals surface area contributed by atoms with Gasteiger partial charge in [-0.3, -0.25) is 0 Å². The van der Waals surface area contributed by atoms with Crippen molar-refractivity contribution in [2.75, 3.05) is 31.6 Å². The molecule has 1 saturated heterocycles. The van der Waals surface area contributed by atoms with Crippen LogP contribution in [-0.2, 0) is 0 Å². The summed E-state index contributed by atoms with van der Waals surface area (Å²) < 4.78 is 43.5. The molecule has 1 aromatic rings. The van der Waals surface area contributed by atoms with Crippen molar-refractivity contribution in [1.29, 1.82) is 0 Å². The third kappa shape index (κ3) is 4.96. The monoisotopic (exact) mass is 356 g/mol. The van der Waals surface area contributed by atoms with Crippen LogP contribution < -0.4 is 0 Å². The zero-order chi connectivity index (χ0) is 15.5. The summed E-state index contributed by atoms with van der Waals surface area (Å²) in [5.41, 5.74) is 0.202. The molecule has 0 spiro atoms. The van der Waals surface area contributed by atoms with Gasteiger partial charge in [0.2, 0.25) is 0 Å². The number of alkyl halides is 3. The van der Waals surface area contributed by atoms with E-state index in [9.17, 15) is 13.2 Å². The first kappa shape index (κ1) is 17.3. The van der Waals surface area contributed by atoms with Crippen LogP contribution in [0.3, 0.4) is 0 Å². The maximum absolute atomic E-state index is 13.4. The van der Waals surface area contributed by atoms with Crippen LogP contribution in [0.15, 0.2) is 24.3 Å². The molecule has 0 radical (unpaired) electrons. The lowest BCUT2D eigenvalue weighted by molar-refractivity contribution is -0.170. The van der Waals surface area contributed by atoms with Crippen molar-refractivity contribution in [1.82, 2.24) is 8.61 Å². The van der Waals surface area contributed by atoms with Gasteiger partial charge in [-0.1, -0.05) is 23.7 Å². The van der Waals surface area contributed by atoms with Crippen molar-refractivity contribution in [2.45, 2.75) is 12.2 Å². The maximum atomic E-state index is 13.4. The van der Waals surface area contributed by atoms with E-state index in [0.717, 1.165) is 36.7 Å². The molecule has 0 saturated carbocycles. The smallest absolute Gasteiger partial charge is 0.235 e. The average molecular weight is 357 g/mol. The maximum Gasteiger partial charge on any atom is 0.408 e. The van der Waals surface area contributed by atoms with E-state index >= 15 is 0 Å². The Labute approximate surface area is 136 Å². The Morgan fingerprint density at radius 2 is 1.81 bits per heavy atom. The van der Waals surface area contributed by atoms with Gasteiger partial charge in [0.25, 0.3) is 0 Å². The highest BCUT2D eigenvalue weighted by Crippen LogP contribution is 2.41. The Morgan fingerprint density at radius 1 is 1.24 bits per heavy atom. The van der Waals surface area contributed by atoms with E-state index < -0.39 is 12.2 Å². The summed E-state index contributed by atoms with van der Waals surface area (Å²) in [6, 6.07) is 4.21. The molecule has 0 amide bonds. The quantitative estimate of drug-likeness (QED) is 0.733. The van der Waals surface area contributed by atoms with Gasteiger partial charge in [0, 0.05) is 41.8 Å². The van der Waals surface area contributed by atoms with Gasteiger partial charge in [0.1, 0.15) is 6.04 Å². The summed E-state index contributed by atoms with van der Waals surface area (Å²) in [5.74, 6) is 1.91. The van der Waals surface area contributed by atoms with Gasteiger partial charge in [0.05, 0.1) is 0 Å². The number of hydrogen-bond acceptors (Lipinski definition) is 4. The van der Waals surface area contributed by atoms with Gasteiger partial charge in [0.15, 0.2) is 0 Å². The number of thioether (sulfide) groups is 1. The molecule has 1 atom stereocenters. The molecular formula is C13H16ClF3N2S2. The summed E-state index contributed by atoms with van der Waals surface area (Å²) in [5, 5.41) is 0.433. The Bertz CT molecular complexity index is 450. The van der Waals surface area contributed by atoms with Gasteiger partial charge in [-0.2, -0.15) is 24.9 Å². The zero-order valence-corrected chi connectivity index (χ0v) is 13.8. The highest BCUT2D eigenvalue weighted by atomic mass is 35.5. The molecule has 1 aliphatic heterocycles. The summed E-state index contributed by atoms with van der Waals surface area (Å²) in [6.07, 6.45) is -4.33. The fourth-order valence-corrected chi connectivity index (χ4v) is 4.41. The topological polar surface area (TPSA) is 6.48 Å². The average Bonchev–Trinajstić information content (AvgIpc) is 2.41. The van der Waals surface area contributed by atoms with Crippen LogP contribution in [0.1, 0.15) is 11.6 Å². The standard InChI is InChI=1S/C13H16ClF3N2S2/c1-18(21-19-6-8-20-9-7-19)12(13(15,16)17)10-2-4-11(14)5-3-10/h2-5,12H,6-9H2,1H3/t12-/m1/s1. The fourth-order valence-electron chi connectivity index (χ4n) is 2.11. The van der Waals surface area contributed by atoms with Crippen LogP contribution in [0.25, 0.3) is 0 Å². The molecule has 0 N–H and O–H groups in total. The molecule has 1 aliphatic rings. The van der Waals surface area contributed by atoms with E-state index in [4.69, 9.17) is 11.6 Å². The molecule has 118 valence electrons. The second-order valence-electron chi connectivity index (χ2n) is 4.66. The van der Waals surface area contributed by atoms with Crippen molar-refractivity contribution < 1.29 is 13.2 Å². The lowest BCUT2D eigenvalue weighted by Gasteiger charge is -2.34. The molecule has 0 bridgehead atoms. The molecule has 0 aliphatic carbocycles. The van der Waals surface area contributed by atoms with E-state index in [-0.39, 0.29) is 5.56 Å². The Kier molecular flexibility index (Phi) is 6.14. The molecule has 1 aromatic carbocycles. The first-order valence-electron chi connectivity index (χ1n) is 6.44. The highest BCUT2D eigenvalue weighted by Gasteiger charge is 2.44. The number of benzene rings is 1. The minimum absolute atomic E-state index is 0.202. The molecule has 0 unspecified atom stereocenters. The van der Waals surface area contributed by atoms with Crippen LogP contribution in [0.4, 0.5) is 13.2 Å². The molecule has 2 nitrogen and oxygen atoms in total. The van der Waals surface area contributed by atoms with Crippen molar-refractivity contribution in [2.24, 2.45) is 0 Å². The first-order valence-corrected chi connectivity index (χ1v) is 8.70. The molecule has 0 aromatic heterocycles. The summed E-state index contributed by atoms with van der Waals surface area (Å²) in [4.78, 5) is 0. The van der Waals surface area contributed by atoms with Crippen LogP contribution in [0, 0.1) is 0 Å². The largest absolute Gasteiger partial charge is 0.408 e. The summed E-state index contributed by atoms with van der Waals surface area (Å²) in [7, 11) is 1.49. The summed E-state index contributed by atoms with van der Waals surface area (Å²) >= 11 is 8.74. The first-order chi connectivity index (χ1) is 9.88.